The molecule has 1 saturated heterocycles. The fraction of sp³-hybridized carbons (Fsp3) is 0.350. The van der Waals surface area contributed by atoms with Crippen LogP contribution in [0.1, 0.15) is 29.2 Å². The number of benzene rings is 1. The summed E-state index contributed by atoms with van der Waals surface area (Å²) in [5, 5.41) is 0. The highest BCUT2D eigenvalue weighted by atomic mass is 16.5. The van der Waals surface area contributed by atoms with Gasteiger partial charge in [0.25, 0.3) is 0 Å². The van der Waals surface area contributed by atoms with Gasteiger partial charge in [-0.05, 0) is 24.3 Å². The van der Waals surface area contributed by atoms with E-state index in [1.165, 1.54) is 6.07 Å². The zero-order chi connectivity index (χ0) is 20.5. The second kappa shape index (κ2) is 10.3. The molecule has 0 unspecified atom stereocenters. The Morgan fingerprint density at radius 3 is 2.48 bits per heavy atom. The Kier molecular flexibility index (Phi) is 7.23. The lowest BCUT2D eigenvalue weighted by Crippen LogP contribution is -2.43. The number of carbonyl (C=O) groups is 3. The number of carbonyl (C=O) groups excluding carboxylic acids is 3. The molecule has 154 valence electrons. The summed E-state index contributed by atoms with van der Waals surface area (Å²) in [4.78, 5) is 37.6. The standard InChI is InChI=1S/C20H23N3O6/c24-18(8-9-19(25)23-10-12-27-13-11-23)21-22-20(26)17-7-6-16(29-17)14-28-15-4-2-1-3-5-15/h1-7H,8-14H2,(H,21,24)(H,22,26). The van der Waals surface area contributed by atoms with E-state index in [0.717, 1.165) is 0 Å². The molecular weight excluding hydrogens is 378 g/mol. The maximum absolute atomic E-state index is 12.1. The van der Waals surface area contributed by atoms with Crippen LogP contribution in [0.25, 0.3) is 0 Å². The van der Waals surface area contributed by atoms with Gasteiger partial charge in [-0.2, -0.15) is 0 Å². The highest BCUT2D eigenvalue weighted by Crippen LogP contribution is 2.13. The number of hydrogen-bond acceptors (Lipinski definition) is 6. The van der Waals surface area contributed by atoms with E-state index in [1.54, 1.807) is 11.0 Å². The van der Waals surface area contributed by atoms with E-state index in [1.807, 2.05) is 30.3 Å². The summed E-state index contributed by atoms with van der Waals surface area (Å²) in [6, 6.07) is 12.3. The number of nitrogens with one attached hydrogen (secondary N) is 2. The molecular formula is C20H23N3O6. The van der Waals surface area contributed by atoms with E-state index in [2.05, 4.69) is 10.9 Å². The largest absolute Gasteiger partial charge is 0.486 e. The van der Waals surface area contributed by atoms with Gasteiger partial charge in [0.2, 0.25) is 11.8 Å². The minimum atomic E-state index is -0.594. The number of hydrazine groups is 1. The molecule has 1 aromatic carbocycles. The fourth-order valence-electron chi connectivity index (χ4n) is 2.69. The molecule has 2 heterocycles. The van der Waals surface area contributed by atoms with Gasteiger partial charge >= 0.3 is 5.91 Å². The Morgan fingerprint density at radius 2 is 1.72 bits per heavy atom. The minimum Gasteiger partial charge on any atom is -0.486 e. The molecule has 9 nitrogen and oxygen atoms in total. The van der Waals surface area contributed by atoms with Gasteiger partial charge in [-0.25, -0.2) is 0 Å². The first-order valence-corrected chi connectivity index (χ1v) is 9.33. The molecule has 0 radical (unpaired) electrons. The lowest BCUT2D eigenvalue weighted by Gasteiger charge is -2.26. The van der Waals surface area contributed by atoms with E-state index >= 15 is 0 Å². The third-order valence-corrected chi connectivity index (χ3v) is 4.25. The van der Waals surface area contributed by atoms with Gasteiger partial charge in [0.15, 0.2) is 5.76 Å². The number of morpholine rings is 1. The summed E-state index contributed by atoms with van der Waals surface area (Å²) >= 11 is 0. The van der Waals surface area contributed by atoms with Crippen LogP contribution < -0.4 is 15.6 Å². The first kappa shape index (κ1) is 20.4. The van der Waals surface area contributed by atoms with Gasteiger partial charge in [-0.15, -0.1) is 0 Å². The first-order valence-electron chi connectivity index (χ1n) is 9.33. The lowest BCUT2D eigenvalue weighted by atomic mass is 10.2. The highest BCUT2D eigenvalue weighted by Gasteiger charge is 2.18. The van der Waals surface area contributed by atoms with Crippen LogP contribution in [0.15, 0.2) is 46.9 Å². The van der Waals surface area contributed by atoms with Crippen LogP contribution in [0.4, 0.5) is 0 Å². The molecule has 0 aliphatic carbocycles. The SMILES string of the molecule is O=C(CCC(=O)N1CCOCC1)NNC(=O)c1ccc(COc2ccccc2)o1. The second-order valence-corrected chi connectivity index (χ2v) is 6.36. The number of amides is 3. The monoisotopic (exact) mass is 401 g/mol. The highest BCUT2D eigenvalue weighted by molar-refractivity contribution is 5.93. The predicted octanol–water partition coefficient (Wildman–Crippen LogP) is 1.26. The van der Waals surface area contributed by atoms with Gasteiger partial charge in [0.05, 0.1) is 13.2 Å². The van der Waals surface area contributed by atoms with Gasteiger partial charge in [-0.1, -0.05) is 18.2 Å². The number of nitrogens with zero attached hydrogens (tertiary/aromatic N) is 1. The summed E-state index contributed by atoms with van der Waals surface area (Å²) in [5.41, 5.74) is 4.55. The van der Waals surface area contributed by atoms with Crippen LogP contribution in [-0.2, 0) is 20.9 Å². The van der Waals surface area contributed by atoms with E-state index in [9.17, 15) is 14.4 Å². The number of para-hydroxylation sites is 1. The van der Waals surface area contributed by atoms with Crippen LogP contribution in [0.5, 0.6) is 5.75 Å². The molecule has 1 aromatic heterocycles. The summed E-state index contributed by atoms with van der Waals surface area (Å²) in [6.45, 7) is 2.26. The zero-order valence-electron chi connectivity index (χ0n) is 15.9. The third-order valence-electron chi connectivity index (χ3n) is 4.25. The van der Waals surface area contributed by atoms with E-state index in [4.69, 9.17) is 13.9 Å². The second-order valence-electron chi connectivity index (χ2n) is 6.36. The molecule has 2 aromatic rings. The van der Waals surface area contributed by atoms with Crippen LogP contribution in [0.2, 0.25) is 0 Å². The Bertz CT molecular complexity index is 830. The molecule has 1 fully saturated rings. The predicted molar refractivity (Wildman–Crippen MR) is 102 cm³/mol. The molecule has 1 aliphatic rings. The molecule has 0 atom stereocenters. The van der Waals surface area contributed by atoms with Gasteiger partial charge in [0, 0.05) is 25.9 Å². The molecule has 1 aliphatic heterocycles. The van der Waals surface area contributed by atoms with Crippen molar-refractivity contribution in [2.45, 2.75) is 19.4 Å². The fourth-order valence-corrected chi connectivity index (χ4v) is 2.69. The van der Waals surface area contributed by atoms with Crippen molar-refractivity contribution in [2.75, 3.05) is 26.3 Å². The maximum Gasteiger partial charge on any atom is 0.305 e. The number of furan rings is 1. The normalized spacial score (nSPS) is 13.6. The third kappa shape index (κ3) is 6.35. The minimum absolute atomic E-state index is 0.0230. The van der Waals surface area contributed by atoms with Crippen molar-refractivity contribution in [3.63, 3.8) is 0 Å². The molecule has 3 amide bonds. The zero-order valence-corrected chi connectivity index (χ0v) is 15.9. The van der Waals surface area contributed by atoms with Crippen LogP contribution in [0.3, 0.4) is 0 Å². The van der Waals surface area contributed by atoms with Gasteiger partial charge in [0.1, 0.15) is 18.1 Å². The van der Waals surface area contributed by atoms with Crippen molar-refractivity contribution < 1.29 is 28.3 Å². The molecule has 29 heavy (non-hydrogen) atoms. The average Bonchev–Trinajstić information content (AvgIpc) is 3.25. The molecule has 2 N–H and O–H groups in total. The Hall–Kier alpha value is -3.33. The Labute approximate surface area is 167 Å². The smallest absolute Gasteiger partial charge is 0.305 e. The van der Waals surface area contributed by atoms with Gasteiger partial charge in [-0.3, -0.25) is 25.2 Å². The summed E-state index contributed by atoms with van der Waals surface area (Å²) in [5.74, 6) is 0.0448. The Balaban J connectivity index is 1.37. The number of rotatable bonds is 7. The summed E-state index contributed by atoms with van der Waals surface area (Å²) in [6.07, 6.45) is 0.0498. The topological polar surface area (TPSA) is 110 Å². The molecule has 3 rings (SSSR count). The lowest BCUT2D eigenvalue weighted by molar-refractivity contribution is -0.137. The Morgan fingerprint density at radius 1 is 0.966 bits per heavy atom. The van der Waals surface area contributed by atoms with E-state index in [0.29, 0.717) is 37.8 Å². The van der Waals surface area contributed by atoms with Crippen LogP contribution in [-0.4, -0.2) is 48.9 Å². The van der Waals surface area contributed by atoms with Crippen molar-refractivity contribution in [1.82, 2.24) is 15.8 Å². The van der Waals surface area contributed by atoms with Crippen molar-refractivity contribution >= 4 is 17.7 Å². The maximum atomic E-state index is 12.1. The van der Waals surface area contributed by atoms with Crippen molar-refractivity contribution in [3.8, 4) is 5.75 Å². The average molecular weight is 401 g/mol. The number of ether oxygens (including phenoxy) is 2. The van der Waals surface area contributed by atoms with Crippen molar-refractivity contribution in [3.05, 3.63) is 54.0 Å². The number of hydrogen-bond donors (Lipinski definition) is 2. The molecule has 0 spiro atoms. The quantitative estimate of drug-likeness (QED) is 0.676. The van der Waals surface area contributed by atoms with Crippen molar-refractivity contribution in [2.24, 2.45) is 0 Å². The molecule has 9 heteroatoms. The van der Waals surface area contributed by atoms with E-state index < -0.39 is 11.8 Å². The van der Waals surface area contributed by atoms with Gasteiger partial charge < -0.3 is 18.8 Å². The summed E-state index contributed by atoms with van der Waals surface area (Å²) in [7, 11) is 0. The molecule has 0 bridgehead atoms. The van der Waals surface area contributed by atoms with E-state index in [-0.39, 0.29) is 31.1 Å². The summed E-state index contributed by atoms with van der Waals surface area (Å²) < 4.78 is 16.1. The molecule has 0 saturated carbocycles. The van der Waals surface area contributed by atoms with Crippen LogP contribution in [0, 0.1) is 0 Å². The van der Waals surface area contributed by atoms with Crippen LogP contribution >= 0.6 is 0 Å². The first-order chi connectivity index (χ1) is 14.1. The van der Waals surface area contributed by atoms with Crippen molar-refractivity contribution in [1.29, 1.82) is 0 Å².